The van der Waals surface area contributed by atoms with Crippen molar-refractivity contribution in [3.8, 4) is 0 Å². The van der Waals surface area contributed by atoms with Crippen molar-refractivity contribution < 1.29 is 5.11 Å². The zero-order valence-electron chi connectivity index (χ0n) is 13.4. The fraction of sp³-hybridized carbons (Fsp3) is 0.533. The fourth-order valence-corrected chi connectivity index (χ4v) is 3.57. The van der Waals surface area contributed by atoms with Crippen molar-refractivity contribution in [2.45, 2.75) is 38.8 Å². The van der Waals surface area contributed by atoms with E-state index in [1.54, 1.807) is 15.6 Å². The lowest BCUT2D eigenvalue weighted by atomic mass is 9.76. The number of rotatable bonds is 3. The van der Waals surface area contributed by atoms with Gasteiger partial charge >= 0.3 is 0 Å². The second kappa shape index (κ2) is 5.58. The van der Waals surface area contributed by atoms with Crippen LogP contribution in [0.25, 0.3) is 6.08 Å². The van der Waals surface area contributed by atoms with Gasteiger partial charge in [0, 0.05) is 13.2 Å². The summed E-state index contributed by atoms with van der Waals surface area (Å²) in [7, 11) is 1.82. The summed E-state index contributed by atoms with van der Waals surface area (Å²) in [6, 6.07) is 0. The number of hydrogen-bond donors (Lipinski definition) is 2. The van der Waals surface area contributed by atoms with Gasteiger partial charge in [-0.15, -0.1) is 0 Å². The third-order valence-electron chi connectivity index (χ3n) is 4.80. The molecule has 0 aliphatic heterocycles. The van der Waals surface area contributed by atoms with Gasteiger partial charge in [0.25, 0.3) is 0 Å². The van der Waals surface area contributed by atoms with Crippen LogP contribution >= 0.6 is 23.8 Å². The smallest absolute Gasteiger partial charge is 0.215 e. The van der Waals surface area contributed by atoms with Crippen LogP contribution in [0.15, 0.2) is 18.1 Å². The molecule has 1 saturated carbocycles. The Morgan fingerprint density at radius 3 is 2.83 bits per heavy atom. The third kappa shape index (κ3) is 2.77. The van der Waals surface area contributed by atoms with E-state index in [2.05, 4.69) is 29.0 Å². The molecular formula is C15H20ClN5OS. The summed E-state index contributed by atoms with van der Waals surface area (Å²) in [6.07, 6.45) is 6.85. The number of aryl methyl sites for hydroxylation is 1. The molecule has 1 unspecified atom stereocenters. The number of nitrogens with zero attached hydrogens (tertiary/aromatic N) is 4. The Bertz CT molecular complexity index is 818. The van der Waals surface area contributed by atoms with Crippen LogP contribution in [0.1, 0.15) is 32.4 Å². The summed E-state index contributed by atoms with van der Waals surface area (Å²) >= 11 is 11.4. The van der Waals surface area contributed by atoms with Gasteiger partial charge in [-0.1, -0.05) is 25.4 Å². The lowest BCUT2D eigenvalue weighted by Crippen LogP contribution is -2.45. The van der Waals surface area contributed by atoms with E-state index in [4.69, 9.17) is 23.8 Å². The van der Waals surface area contributed by atoms with E-state index in [-0.39, 0.29) is 5.41 Å². The van der Waals surface area contributed by atoms with Crippen LogP contribution in [0.3, 0.4) is 0 Å². The molecule has 1 aliphatic carbocycles. The fourth-order valence-electron chi connectivity index (χ4n) is 3.16. The minimum Gasteiger partial charge on any atom is -0.383 e. The van der Waals surface area contributed by atoms with E-state index in [1.807, 2.05) is 13.1 Å². The van der Waals surface area contributed by atoms with E-state index < -0.39 is 5.60 Å². The molecule has 2 heterocycles. The highest BCUT2D eigenvalue weighted by Gasteiger charge is 2.51. The molecule has 6 nitrogen and oxygen atoms in total. The molecule has 0 aromatic carbocycles. The first-order chi connectivity index (χ1) is 10.7. The van der Waals surface area contributed by atoms with Crippen molar-refractivity contribution >= 4 is 29.9 Å². The summed E-state index contributed by atoms with van der Waals surface area (Å²) in [5, 5.41) is 19.4. The minimum atomic E-state index is -1.04. The van der Waals surface area contributed by atoms with Crippen LogP contribution in [-0.4, -0.2) is 35.3 Å². The van der Waals surface area contributed by atoms with Crippen molar-refractivity contribution in [3.05, 3.63) is 33.6 Å². The largest absolute Gasteiger partial charge is 0.383 e. The van der Waals surface area contributed by atoms with E-state index in [9.17, 15) is 5.11 Å². The predicted molar refractivity (Wildman–Crippen MR) is 91.6 cm³/mol. The van der Waals surface area contributed by atoms with Crippen LogP contribution < -0.4 is 0 Å². The van der Waals surface area contributed by atoms with Gasteiger partial charge in [0.2, 0.25) is 4.77 Å². The van der Waals surface area contributed by atoms with Crippen LogP contribution in [0.4, 0.5) is 0 Å². The molecule has 3 rings (SSSR count). The first-order valence-electron chi connectivity index (χ1n) is 7.46. The molecule has 2 aromatic heterocycles. The molecule has 0 radical (unpaired) electrons. The van der Waals surface area contributed by atoms with Gasteiger partial charge in [-0.2, -0.15) is 5.10 Å². The second-order valence-electron chi connectivity index (χ2n) is 6.71. The molecular weight excluding hydrogens is 334 g/mol. The first kappa shape index (κ1) is 16.4. The normalized spacial score (nSPS) is 25.3. The van der Waals surface area contributed by atoms with E-state index in [0.717, 1.165) is 18.4 Å². The topological polar surface area (TPSA) is 71.7 Å². The summed E-state index contributed by atoms with van der Waals surface area (Å²) in [6.45, 7) is 4.46. The van der Waals surface area contributed by atoms with E-state index >= 15 is 0 Å². The zero-order chi connectivity index (χ0) is 16.8. The number of aliphatic hydroxyl groups is 1. The molecule has 0 bridgehead atoms. The average molecular weight is 354 g/mol. The Balaban J connectivity index is 2.04. The summed E-state index contributed by atoms with van der Waals surface area (Å²) in [4.78, 5) is 4.02. The number of hydrogen-bond acceptors (Lipinski definition) is 4. The molecule has 8 heteroatoms. The highest BCUT2D eigenvalue weighted by molar-refractivity contribution is 7.71. The number of halogens is 1. The Morgan fingerprint density at radius 1 is 1.52 bits per heavy atom. The van der Waals surface area contributed by atoms with Gasteiger partial charge in [0.05, 0.1) is 11.6 Å². The second-order valence-corrected chi connectivity index (χ2v) is 7.48. The monoisotopic (exact) mass is 353 g/mol. The number of aromatic nitrogens is 5. The summed E-state index contributed by atoms with van der Waals surface area (Å²) < 4.78 is 3.78. The van der Waals surface area contributed by atoms with Gasteiger partial charge in [-0.05, 0) is 42.1 Å². The van der Waals surface area contributed by atoms with Crippen molar-refractivity contribution in [1.29, 1.82) is 0 Å². The Kier molecular flexibility index (Phi) is 3.98. The maximum Gasteiger partial charge on any atom is 0.215 e. The quantitative estimate of drug-likeness (QED) is 0.832. The Hall–Kier alpha value is -1.44. The molecule has 23 heavy (non-hydrogen) atoms. The van der Waals surface area contributed by atoms with Gasteiger partial charge in [0.1, 0.15) is 17.6 Å². The minimum absolute atomic E-state index is 0.292. The standard InChI is InChI=1S/C15H20ClN5OS/c1-14(2)5-4-10(6-12-11(16)7-20(3)19-12)15(14,22)8-21-13(23)17-9-18-21/h6-7,9,22H,4-5,8H2,1-3H3,(H,17,18,23)/b10-6+. The van der Waals surface area contributed by atoms with Gasteiger partial charge < -0.3 is 5.11 Å². The number of H-pyrrole nitrogens is 1. The van der Waals surface area contributed by atoms with Crippen molar-refractivity contribution in [2.75, 3.05) is 0 Å². The summed E-state index contributed by atoms with van der Waals surface area (Å²) in [5.74, 6) is 0. The predicted octanol–water partition coefficient (Wildman–Crippen LogP) is 2.96. The molecule has 1 aliphatic rings. The summed E-state index contributed by atoms with van der Waals surface area (Å²) in [5.41, 5.74) is 0.256. The molecule has 2 aromatic rings. The van der Waals surface area contributed by atoms with Crippen molar-refractivity contribution in [1.82, 2.24) is 24.5 Å². The number of nitrogens with one attached hydrogen (secondary N) is 1. The molecule has 1 fully saturated rings. The highest BCUT2D eigenvalue weighted by Crippen LogP contribution is 2.50. The van der Waals surface area contributed by atoms with E-state index in [0.29, 0.717) is 22.0 Å². The number of aromatic amines is 1. The average Bonchev–Trinajstić information content (AvgIpc) is 3.05. The highest BCUT2D eigenvalue weighted by atomic mass is 35.5. The Morgan fingerprint density at radius 2 is 2.26 bits per heavy atom. The molecule has 1 atom stereocenters. The first-order valence-corrected chi connectivity index (χ1v) is 8.24. The van der Waals surface area contributed by atoms with Crippen LogP contribution in [0.2, 0.25) is 5.02 Å². The van der Waals surface area contributed by atoms with Crippen LogP contribution in [0.5, 0.6) is 0 Å². The van der Waals surface area contributed by atoms with Gasteiger partial charge in [-0.25, -0.2) is 4.98 Å². The maximum absolute atomic E-state index is 11.5. The Labute approximate surface area is 144 Å². The third-order valence-corrected chi connectivity index (χ3v) is 5.41. The van der Waals surface area contributed by atoms with Crippen molar-refractivity contribution in [3.63, 3.8) is 0 Å². The molecule has 0 saturated heterocycles. The SMILES string of the molecule is Cn1cc(Cl)c(/C=C2\CCC(C)(C)C2(O)Cn2[nH]cnc2=S)n1. The van der Waals surface area contributed by atoms with Gasteiger partial charge in [-0.3, -0.25) is 14.5 Å². The van der Waals surface area contributed by atoms with Gasteiger partial charge in [0.15, 0.2) is 0 Å². The zero-order valence-corrected chi connectivity index (χ0v) is 14.9. The van der Waals surface area contributed by atoms with Crippen molar-refractivity contribution in [2.24, 2.45) is 12.5 Å². The molecule has 124 valence electrons. The molecule has 0 spiro atoms. The van der Waals surface area contributed by atoms with Crippen LogP contribution in [-0.2, 0) is 13.6 Å². The maximum atomic E-state index is 11.5. The lowest BCUT2D eigenvalue weighted by molar-refractivity contribution is -0.0301. The molecule has 0 amide bonds. The van der Waals surface area contributed by atoms with E-state index in [1.165, 1.54) is 6.33 Å². The van der Waals surface area contributed by atoms with Crippen LogP contribution in [0, 0.1) is 10.2 Å². The lowest BCUT2D eigenvalue weighted by Gasteiger charge is -2.37. The molecule has 2 N–H and O–H groups in total.